The fourth-order valence-corrected chi connectivity index (χ4v) is 3.55. The van der Waals surface area contributed by atoms with Crippen molar-refractivity contribution in [2.75, 3.05) is 21.6 Å². The van der Waals surface area contributed by atoms with Gasteiger partial charge in [0.05, 0.1) is 28.5 Å². The Labute approximate surface area is 201 Å². The number of imidazole rings is 1. The van der Waals surface area contributed by atoms with Crippen LogP contribution < -0.4 is 20.1 Å². The average molecular weight is 523 g/mol. The predicted octanol–water partition coefficient (Wildman–Crippen LogP) is 5.53. The summed E-state index contributed by atoms with van der Waals surface area (Å²) in [5.41, 5.74) is -0.414. The van der Waals surface area contributed by atoms with E-state index in [9.17, 15) is 30.8 Å². The quantitative estimate of drug-likeness (QED) is 0.248. The first-order valence-electron chi connectivity index (χ1n) is 10.1. The predicted molar refractivity (Wildman–Crippen MR) is 125 cm³/mol. The van der Waals surface area contributed by atoms with Gasteiger partial charge in [-0.3, -0.25) is 4.72 Å². The molecule has 0 radical (unpaired) electrons. The fraction of sp³-hybridized carbons (Fsp3) is 0.0909. The van der Waals surface area contributed by atoms with E-state index in [1.165, 1.54) is 24.3 Å². The van der Waals surface area contributed by atoms with E-state index in [4.69, 9.17) is 4.74 Å². The summed E-state index contributed by atoms with van der Waals surface area (Å²) >= 11 is 0. The highest BCUT2D eigenvalue weighted by Gasteiger charge is 2.31. The van der Waals surface area contributed by atoms with Crippen LogP contribution in [0.5, 0.6) is 11.5 Å². The minimum atomic E-state index is -4.69. The number of hydrogen-bond acceptors (Lipinski definition) is 5. The first-order valence-corrected chi connectivity index (χ1v) is 12.0. The number of amides is 2. The number of ether oxygens (including phenoxy) is 1. The van der Waals surface area contributed by atoms with Crippen LogP contribution in [0.1, 0.15) is 5.56 Å². The molecule has 4 aromatic rings. The van der Waals surface area contributed by atoms with Gasteiger partial charge >= 0.3 is 12.2 Å². The largest absolute Gasteiger partial charge is 0.457 e. The van der Waals surface area contributed by atoms with Crippen molar-refractivity contribution in [1.29, 1.82) is 0 Å². The van der Waals surface area contributed by atoms with E-state index < -0.39 is 39.3 Å². The number of sulfonamides is 1. The van der Waals surface area contributed by atoms with Crippen LogP contribution in [0.4, 0.5) is 39.7 Å². The van der Waals surface area contributed by atoms with Crippen LogP contribution in [0.3, 0.4) is 0 Å². The Balaban J connectivity index is 1.40. The second-order valence-corrected chi connectivity index (χ2v) is 9.28. The van der Waals surface area contributed by atoms with Crippen molar-refractivity contribution in [3.05, 3.63) is 72.0 Å². The third-order valence-electron chi connectivity index (χ3n) is 4.63. The van der Waals surface area contributed by atoms with Crippen molar-refractivity contribution >= 4 is 44.4 Å². The van der Waals surface area contributed by atoms with Crippen molar-refractivity contribution in [3.8, 4) is 11.5 Å². The molecule has 14 heteroatoms. The highest BCUT2D eigenvalue weighted by atomic mass is 32.2. The molecule has 0 aliphatic heterocycles. The first kappa shape index (κ1) is 24.8. The zero-order chi connectivity index (χ0) is 26.1. The zero-order valence-corrected chi connectivity index (χ0v) is 19.1. The van der Waals surface area contributed by atoms with Gasteiger partial charge in [0, 0.05) is 11.8 Å². The van der Waals surface area contributed by atoms with Crippen molar-refractivity contribution in [2.45, 2.75) is 6.18 Å². The molecule has 0 aliphatic carbocycles. The lowest BCUT2D eigenvalue weighted by Gasteiger charge is -2.12. The molecule has 9 nitrogen and oxygen atoms in total. The lowest BCUT2D eigenvalue weighted by molar-refractivity contribution is -0.137. The number of alkyl halides is 3. The molecule has 0 bridgehead atoms. The number of fused-ring (bicyclic) bond motifs is 1. The van der Waals surface area contributed by atoms with Crippen LogP contribution in [-0.2, 0) is 16.2 Å². The van der Waals surface area contributed by atoms with E-state index in [1.54, 1.807) is 18.2 Å². The fourth-order valence-electron chi connectivity index (χ4n) is 3.10. The molecule has 36 heavy (non-hydrogen) atoms. The number of anilines is 3. The van der Waals surface area contributed by atoms with E-state index in [0.29, 0.717) is 40.7 Å². The molecule has 0 unspecified atom stereocenters. The Hall–Kier alpha value is -4.33. The van der Waals surface area contributed by atoms with E-state index in [0.717, 1.165) is 6.26 Å². The van der Waals surface area contributed by atoms with Gasteiger partial charge in [0.25, 0.3) is 0 Å². The molecule has 4 rings (SSSR count). The van der Waals surface area contributed by atoms with Crippen LogP contribution in [-0.4, -0.2) is 30.7 Å². The number of aromatic amines is 1. The number of hydrogen-bond donors (Lipinski definition) is 4. The summed E-state index contributed by atoms with van der Waals surface area (Å²) in [6.45, 7) is 0. The van der Waals surface area contributed by atoms with Gasteiger partial charge in [-0.15, -0.1) is 0 Å². The molecule has 0 saturated heterocycles. The van der Waals surface area contributed by atoms with Crippen molar-refractivity contribution in [2.24, 2.45) is 0 Å². The van der Waals surface area contributed by atoms with Crippen molar-refractivity contribution < 1.29 is 35.5 Å². The van der Waals surface area contributed by atoms with Gasteiger partial charge in [0.1, 0.15) is 17.3 Å². The Morgan fingerprint density at radius 1 is 0.972 bits per heavy atom. The summed E-state index contributed by atoms with van der Waals surface area (Å²) in [5, 5.41) is 4.44. The summed E-state index contributed by atoms with van der Waals surface area (Å²) in [7, 11) is -3.50. The van der Waals surface area contributed by atoms with Gasteiger partial charge in [0.2, 0.25) is 16.0 Å². The minimum Gasteiger partial charge on any atom is -0.457 e. The maximum Gasteiger partial charge on any atom is 0.416 e. The summed E-state index contributed by atoms with van der Waals surface area (Å²) < 4.78 is 83.0. The molecule has 2 amide bonds. The Morgan fingerprint density at radius 3 is 2.33 bits per heavy atom. The number of halogens is 4. The molecule has 188 valence electrons. The van der Waals surface area contributed by atoms with Crippen LogP contribution in [0.25, 0.3) is 11.0 Å². The molecule has 0 fully saturated rings. The number of benzene rings is 3. The Bertz CT molecular complexity index is 1540. The second kappa shape index (κ2) is 9.37. The van der Waals surface area contributed by atoms with Crippen LogP contribution in [0, 0.1) is 5.82 Å². The number of aromatic nitrogens is 2. The minimum absolute atomic E-state index is 0.0587. The summed E-state index contributed by atoms with van der Waals surface area (Å²) in [6, 6.07) is 11.6. The van der Waals surface area contributed by atoms with Crippen LogP contribution in [0.2, 0.25) is 0 Å². The monoisotopic (exact) mass is 523 g/mol. The number of carbonyl (C=O) groups excluding carboxylic acids is 1. The van der Waals surface area contributed by atoms with Crippen molar-refractivity contribution in [3.63, 3.8) is 0 Å². The molecular weight excluding hydrogens is 506 g/mol. The summed E-state index contributed by atoms with van der Waals surface area (Å²) in [4.78, 5) is 19.1. The first-order chi connectivity index (χ1) is 16.9. The van der Waals surface area contributed by atoms with E-state index in [1.807, 2.05) is 0 Å². The zero-order valence-electron chi connectivity index (χ0n) is 18.3. The normalized spacial score (nSPS) is 11.8. The van der Waals surface area contributed by atoms with E-state index in [2.05, 4.69) is 25.3 Å². The third kappa shape index (κ3) is 6.21. The van der Waals surface area contributed by atoms with Crippen LogP contribution in [0.15, 0.2) is 60.7 Å². The second-order valence-electron chi connectivity index (χ2n) is 7.54. The summed E-state index contributed by atoms with van der Waals surface area (Å²) in [5.74, 6) is -0.160. The molecule has 0 spiro atoms. The maximum atomic E-state index is 13.8. The molecule has 0 atom stereocenters. The molecule has 0 aliphatic rings. The molecule has 3 aromatic carbocycles. The lowest BCUT2D eigenvalue weighted by atomic mass is 10.2. The molecule has 1 aromatic heterocycles. The highest BCUT2D eigenvalue weighted by molar-refractivity contribution is 7.92. The van der Waals surface area contributed by atoms with Gasteiger partial charge in [-0.05, 0) is 54.6 Å². The molecule has 0 saturated carbocycles. The lowest BCUT2D eigenvalue weighted by Crippen LogP contribution is -2.20. The van der Waals surface area contributed by atoms with Gasteiger partial charge in [-0.1, -0.05) is 0 Å². The standard InChI is InChI=1S/C22H17F4N5O4S/c1-36(33,34)31-20-28-17-9-7-15(11-19(17)29-20)35-14-5-3-13(4-6-14)27-21(32)30-18-10-12(22(24,25)26)2-8-16(18)23/h2-11H,1H3,(H2,27,30,32)(H2,28,29,31). The van der Waals surface area contributed by atoms with Gasteiger partial charge in [-0.25, -0.2) is 22.6 Å². The van der Waals surface area contributed by atoms with E-state index in [-0.39, 0.29) is 11.6 Å². The number of H-pyrrole nitrogens is 1. The number of carbonyl (C=O) groups is 1. The average Bonchev–Trinajstić information content (AvgIpc) is 3.15. The number of urea groups is 1. The van der Waals surface area contributed by atoms with Gasteiger partial charge in [0.15, 0.2) is 0 Å². The number of nitrogens with zero attached hydrogens (tertiary/aromatic N) is 1. The van der Waals surface area contributed by atoms with Gasteiger partial charge in [-0.2, -0.15) is 13.2 Å². The number of rotatable bonds is 6. The maximum absolute atomic E-state index is 13.8. The molecule has 1 heterocycles. The van der Waals surface area contributed by atoms with Crippen molar-refractivity contribution in [1.82, 2.24) is 9.97 Å². The molecule has 4 N–H and O–H groups in total. The van der Waals surface area contributed by atoms with Gasteiger partial charge < -0.3 is 20.4 Å². The SMILES string of the molecule is CS(=O)(=O)Nc1nc2ccc(Oc3ccc(NC(=O)Nc4cc(C(F)(F)F)ccc4F)cc3)cc2[nH]1. The van der Waals surface area contributed by atoms with Crippen LogP contribution >= 0.6 is 0 Å². The highest BCUT2D eigenvalue weighted by Crippen LogP contribution is 2.32. The topological polar surface area (TPSA) is 125 Å². The van der Waals surface area contributed by atoms with E-state index >= 15 is 0 Å². The summed E-state index contributed by atoms with van der Waals surface area (Å²) in [6.07, 6.45) is -3.69. The third-order valence-corrected chi connectivity index (χ3v) is 5.19. The Kier molecular flexibility index (Phi) is 6.45. The number of nitrogens with one attached hydrogen (secondary N) is 4. The Morgan fingerprint density at radius 2 is 1.67 bits per heavy atom. The smallest absolute Gasteiger partial charge is 0.416 e. The molecular formula is C22H17F4N5O4S.